The van der Waals surface area contributed by atoms with E-state index in [0.29, 0.717) is 11.1 Å². The molecule has 0 saturated heterocycles. The van der Waals surface area contributed by atoms with Gasteiger partial charge >= 0.3 is 0 Å². The highest BCUT2D eigenvalue weighted by molar-refractivity contribution is 7.07. The molecule has 3 N–H and O–H groups in total. The Labute approximate surface area is 238 Å². The number of nitrogens with two attached hydrogens (primary N) is 1. The second kappa shape index (κ2) is 10.9. The number of nitro groups is 2. The average molecular weight is 585 g/mol. The normalized spacial score (nSPS) is 14.7. The molecular formula is C28H17FN6O6S. The molecule has 0 fully saturated rings. The first-order valence-electron chi connectivity index (χ1n) is 12.0. The molecule has 0 bridgehead atoms. The Kier molecular flexibility index (Phi) is 7.17. The van der Waals surface area contributed by atoms with E-state index in [1.807, 2.05) is 6.07 Å². The fraction of sp³-hybridized carbons (Fsp3) is 0.0357. The lowest BCUT2D eigenvalue weighted by Crippen LogP contribution is -2.40. The molecule has 1 aliphatic heterocycles. The monoisotopic (exact) mass is 584 g/mol. The molecule has 4 aromatic rings. The van der Waals surface area contributed by atoms with Crippen LogP contribution in [0.5, 0.6) is 0 Å². The summed E-state index contributed by atoms with van der Waals surface area (Å²) in [7, 11) is 0. The van der Waals surface area contributed by atoms with Crippen LogP contribution in [0.25, 0.3) is 17.5 Å². The number of thiazole rings is 1. The first-order valence-corrected chi connectivity index (χ1v) is 12.8. The Morgan fingerprint density at radius 1 is 1.02 bits per heavy atom. The van der Waals surface area contributed by atoms with Crippen molar-refractivity contribution in [3.8, 4) is 6.07 Å². The Bertz CT molecular complexity index is 2040. The minimum Gasteiger partial charge on any atom is -0.384 e. The van der Waals surface area contributed by atoms with E-state index in [-0.39, 0.29) is 43.2 Å². The van der Waals surface area contributed by atoms with Crippen molar-refractivity contribution in [1.29, 1.82) is 5.26 Å². The maximum Gasteiger partial charge on any atom is 0.274 e. The van der Waals surface area contributed by atoms with Gasteiger partial charge in [0.2, 0.25) is 0 Å². The van der Waals surface area contributed by atoms with Crippen LogP contribution in [0.1, 0.15) is 17.0 Å². The van der Waals surface area contributed by atoms with E-state index in [9.17, 15) is 39.5 Å². The van der Waals surface area contributed by atoms with Crippen molar-refractivity contribution in [2.45, 2.75) is 5.92 Å². The number of hydrogen-bond donors (Lipinski definition) is 2. The minimum atomic E-state index is -1.16. The molecule has 1 aromatic heterocycles. The molecule has 1 atom stereocenters. The van der Waals surface area contributed by atoms with Gasteiger partial charge in [0, 0.05) is 24.3 Å². The van der Waals surface area contributed by atoms with Gasteiger partial charge in [-0.05, 0) is 41.5 Å². The van der Waals surface area contributed by atoms with Gasteiger partial charge in [-0.25, -0.2) is 4.39 Å². The summed E-state index contributed by atoms with van der Waals surface area (Å²) >= 11 is 0.879. The number of anilines is 1. The lowest BCUT2D eigenvalue weighted by Gasteiger charge is -2.25. The van der Waals surface area contributed by atoms with Crippen molar-refractivity contribution < 1.29 is 19.0 Å². The fourth-order valence-electron chi connectivity index (χ4n) is 4.49. The summed E-state index contributed by atoms with van der Waals surface area (Å²) in [5, 5.41) is 34.8. The molecule has 0 spiro atoms. The molecule has 12 nitrogen and oxygen atoms in total. The number of para-hydroxylation sites is 1. The van der Waals surface area contributed by atoms with Crippen LogP contribution >= 0.6 is 11.3 Å². The maximum absolute atomic E-state index is 14.5. The van der Waals surface area contributed by atoms with Crippen LogP contribution in [-0.4, -0.2) is 20.3 Å². The molecule has 1 aliphatic rings. The SMILES string of the molecule is N#CC1=C(N)n2c(s/c(=C\c3ccc([N+](=O)[O-])cc3)c2=O)=C(C(=O)Nc2ccccc2F)C1c1ccc([N+](=O)[O-])cc1. The predicted octanol–water partition coefficient (Wildman–Crippen LogP) is 2.93. The summed E-state index contributed by atoms with van der Waals surface area (Å²) in [6.45, 7) is 0. The number of amides is 1. The highest BCUT2D eigenvalue weighted by Gasteiger charge is 2.36. The third-order valence-electron chi connectivity index (χ3n) is 6.47. The number of allylic oxidation sites excluding steroid dienone is 1. The maximum atomic E-state index is 14.5. The minimum absolute atomic E-state index is 0.0573. The number of benzene rings is 3. The summed E-state index contributed by atoms with van der Waals surface area (Å²) in [6, 6.07) is 18.0. The van der Waals surface area contributed by atoms with Gasteiger partial charge in [0.05, 0.1) is 43.2 Å². The van der Waals surface area contributed by atoms with Crippen molar-refractivity contribution in [1.82, 2.24) is 4.57 Å². The van der Waals surface area contributed by atoms with Crippen molar-refractivity contribution in [2.75, 3.05) is 5.32 Å². The molecule has 3 aromatic carbocycles. The second-order valence-electron chi connectivity index (χ2n) is 8.95. The quantitative estimate of drug-likeness (QED) is 0.256. The predicted molar refractivity (Wildman–Crippen MR) is 152 cm³/mol. The van der Waals surface area contributed by atoms with Crippen LogP contribution in [0, 0.1) is 37.4 Å². The molecule has 0 radical (unpaired) electrons. The number of fused-ring (bicyclic) bond motifs is 1. The zero-order valence-electron chi connectivity index (χ0n) is 21.2. The summed E-state index contributed by atoms with van der Waals surface area (Å²) in [6.07, 6.45) is 1.45. The molecule has 42 heavy (non-hydrogen) atoms. The number of halogens is 1. The first kappa shape index (κ1) is 27.6. The molecule has 1 amide bonds. The lowest BCUT2D eigenvalue weighted by molar-refractivity contribution is -0.385. The van der Waals surface area contributed by atoms with Gasteiger partial charge in [-0.15, -0.1) is 11.3 Å². The summed E-state index contributed by atoms with van der Waals surface area (Å²) < 4.78 is 15.6. The Hall–Kier alpha value is -5.94. The summed E-state index contributed by atoms with van der Waals surface area (Å²) in [5.74, 6) is -2.96. The third-order valence-corrected chi connectivity index (χ3v) is 7.58. The molecule has 14 heteroatoms. The Balaban J connectivity index is 1.78. The molecule has 0 aliphatic carbocycles. The molecule has 5 rings (SSSR count). The number of carbonyl (C=O) groups excluding carboxylic acids is 1. The lowest BCUT2D eigenvalue weighted by atomic mass is 9.83. The largest absolute Gasteiger partial charge is 0.384 e. The number of non-ortho nitro benzene ring substituents is 2. The number of carbonyl (C=O) groups is 1. The van der Waals surface area contributed by atoms with Gasteiger partial charge in [0.25, 0.3) is 22.8 Å². The van der Waals surface area contributed by atoms with E-state index >= 15 is 0 Å². The van der Waals surface area contributed by atoms with Gasteiger partial charge < -0.3 is 11.1 Å². The van der Waals surface area contributed by atoms with E-state index in [1.165, 1.54) is 72.8 Å². The molecule has 208 valence electrons. The van der Waals surface area contributed by atoms with Gasteiger partial charge in [0.15, 0.2) is 0 Å². The number of hydrogen-bond acceptors (Lipinski definition) is 9. The highest BCUT2D eigenvalue weighted by Crippen LogP contribution is 2.37. The molecule has 1 unspecified atom stereocenters. The van der Waals surface area contributed by atoms with Crippen molar-refractivity contribution in [2.24, 2.45) is 5.73 Å². The van der Waals surface area contributed by atoms with E-state index < -0.39 is 33.0 Å². The van der Waals surface area contributed by atoms with E-state index in [1.54, 1.807) is 0 Å². The number of nitrogens with one attached hydrogen (secondary N) is 1. The molecule has 0 saturated carbocycles. The average Bonchev–Trinajstić information content (AvgIpc) is 3.29. The number of aromatic nitrogens is 1. The summed E-state index contributed by atoms with van der Waals surface area (Å²) in [4.78, 5) is 48.4. The van der Waals surface area contributed by atoms with Crippen LogP contribution < -0.4 is 25.8 Å². The van der Waals surface area contributed by atoms with Gasteiger partial charge in [-0.2, -0.15) is 5.26 Å². The zero-order valence-corrected chi connectivity index (χ0v) is 22.0. The number of nitriles is 1. The van der Waals surface area contributed by atoms with Crippen molar-refractivity contribution in [3.05, 3.63) is 135 Å². The molecule has 2 heterocycles. The summed E-state index contributed by atoms with van der Waals surface area (Å²) in [5.41, 5.74) is 5.62. The third kappa shape index (κ3) is 4.91. The topological polar surface area (TPSA) is 187 Å². The van der Waals surface area contributed by atoms with Gasteiger partial charge in [-0.1, -0.05) is 24.3 Å². The van der Waals surface area contributed by atoms with E-state index in [2.05, 4.69) is 5.32 Å². The second-order valence-corrected chi connectivity index (χ2v) is 9.98. The zero-order chi connectivity index (χ0) is 30.1. The number of nitro benzene ring substituents is 2. The van der Waals surface area contributed by atoms with Crippen LogP contribution in [0.15, 0.2) is 83.2 Å². The van der Waals surface area contributed by atoms with Crippen LogP contribution in [-0.2, 0) is 4.79 Å². The van der Waals surface area contributed by atoms with Crippen LogP contribution in [0.4, 0.5) is 21.5 Å². The van der Waals surface area contributed by atoms with Crippen LogP contribution in [0.2, 0.25) is 0 Å². The first-order chi connectivity index (χ1) is 20.1. The fourth-order valence-corrected chi connectivity index (χ4v) is 5.66. The Morgan fingerprint density at radius 2 is 1.62 bits per heavy atom. The highest BCUT2D eigenvalue weighted by atomic mass is 32.1. The van der Waals surface area contributed by atoms with Gasteiger partial charge in [0.1, 0.15) is 16.3 Å². The molecular weight excluding hydrogens is 567 g/mol. The number of rotatable bonds is 6. The Morgan fingerprint density at radius 3 is 2.19 bits per heavy atom. The van der Waals surface area contributed by atoms with E-state index in [0.717, 1.165) is 22.0 Å². The smallest absolute Gasteiger partial charge is 0.274 e. The van der Waals surface area contributed by atoms with Crippen molar-refractivity contribution >= 4 is 51.8 Å². The van der Waals surface area contributed by atoms with Crippen LogP contribution in [0.3, 0.4) is 0 Å². The number of nitrogens with zero attached hydrogens (tertiary/aromatic N) is 4. The van der Waals surface area contributed by atoms with Crippen molar-refractivity contribution in [3.63, 3.8) is 0 Å². The standard InChI is InChI=1S/C28H17FN6O6S/c29-20-3-1-2-4-21(20)32-26(36)24-23(16-7-11-18(12-8-16)35(40)41)19(14-30)25(31)33-27(37)22(42-28(24)33)13-15-5-9-17(10-6-15)34(38)39/h1-13,23H,31H2,(H,32,36)/b22-13-. The van der Waals surface area contributed by atoms with E-state index in [4.69, 9.17) is 5.73 Å². The van der Waals surface area contributed by atoms with Gasteiger partial charge in [-0.3, -0.25) is 34.4 Å².